The summed E-state index contributed by atoms with van der Waals surface area (Å²) >= 11 is 0. The van der Waals surface area contributed by atoms with Gasteiger partial charge in [0.05, 0.1) is 0 Å². The number of carbonyl (C=O) groups is 2. The molecule has 0 radical (unpaired) electrons. The standard InChI is InChI=1S/C15H14F3N3O2/c1-9(2)20-13(22)11(8-19)6-10-4-3-5-12(7-10)21-14(23)15(16,17)18/h3-7,9H,1-2H3,(H,20,22)(H,21,23)/b11-6+. The van der Waals surface area contributed by atoms with Crippen LogP contribution in [0.1, 0.15) is 19.4 Å². The van der Waals surface area contributed by atoms with Crippen molar-refractivity contribution < 1.29 is 22.8 Å². The molecular weight excluding hydrogens is 311 g/mol. The Hall–Kier alpha value is -2.82. The molecule has 122 valence electrons. The average molecular weight is 325 g/mol. The minimum Gasteiger partial charge on any atom is -0.349 e. The molecule has 23 heavy (non-hydrogen) atoms. The van der Waals surface area contributed by atoms with E-state index in [-0.39, 0.29) is 17.3 Å². The van der Waals surface area contributed by atoms with Gasteiger partial charge < -0.3 is 10.6 Å². The van der Waals surface area contributed by atoms with Gasteiger partial charge in [-0.25, -0.2) is 0 Å². The maximum absolute atomic E-state index is 12.2. The van der Waals surface area contributed by atoms with Crippen LogP contribution >= 0.6 is 0 Å². The number of hydrogen-bond donors (Lipinski definition) is 2. The Morgan fingerprint density at radius 3 is 2.48 bits per heavy atom. The first-order chi connectivity index (χ1) is 10.6. The van der Waals surface area contributed by atoms with Crippen molar-refractivity contribution in [3.63, 3.8) is 0 Å². The van der Waals surface area contributed by atoms with Gasteiger partial charge in [-0.2, -0.15) is 18.4 Å². The van der Waals surface area contributed by atoms with Crippen LogP contribution in [-0.4, -0.2) is 24.0 Å². The van der Waals surface area contributed by atoms with Gasteiger partial charge in [-0.1, -0.05) is 12.1 Å². The molecule has 0 atom stereocenters. The van der Waals surface area contributed by atoms with Gasteiger partial charge in [-0.05, 0) is 37.6 Å². The van der Waals surface area contributed by atoms with Crippen molar-refractivity contribution in [1.82, 2.24) is 5.32 Å². The van der Waals surface area contributed by atoms with Gasteiger partial charge >= 0.3 is 12.1 Å². The topological polar surface area (TPSA) is 82.0 Å². The Morgan fingerprint density at radius 2 is 1.96 bits per heavy atom. The van der Waals surface area contributed by atoms with E-state index in [2.05, 4.69) is 5.32 Å². The summed E-state index contributed by atoms with van der Waals surface area (Å²) in [7, 11) is 0. The van der Waals surface area contributed by atoms with Crippen LogP contribution in [0.25, 0.3) is 6.08 Å². The number of amides is 2. The fraction of sp³-hybridized carbons (Fsp3) is 0.267. The summed E-state index contributed by atoms with van der Waals surface area (Å²) in [5, 5.41) is 13.2. The molecule has 1 rings (SSSR count). The molecule has 1 aromatic carbocycles. The normalized spacial score (nSPS) is 11.8. The lowest BCUT2D eigenvalue weighted by atomic mass is 10.1. The number of nitrogens with zero attached hydrogens (tertiary/aromatic N) is 1. The minimum absolute atomic E-state index is 0.0948. The number of benzene rings is 1. The molecule has 0 aliphatic carbocycles. The Balaban J connectivity index is 3.00. The van der Waals surface area contributed by atoms with E-state index in [9.17, 15) is 22.8 Å². The minimum atomic E-state index is -5.00. The molecule has 0 saturated heterocycles. The molecule has 2 amide bonds. The summed E-state index contributed by atoms with van der Waals surface area (Å²) in [5.41, 5.74) is 0.0149. The number of carbonyl (C=O) groups excluding carboxylic acids is 2. The number of alkyl halides is 3. The van der Waals surface area contributed by atoms with Crippen LogP contribution in [0.4, 0.5) is 18.9 Å². The van der Waals surface area contributed by atoms with Crippen molar-refractivity contribution in [1.29, 1.82) is 5.26 Å². The lowest BCUT2D eigenvalue weighted by molar-refractivity contribution is -0.167. The number of rotatable bonds is 4. The Labute approximate surface area is 130 Å². The van der Waals surface area contributed by atoms with Crippen molar-refractivity contribution in [2.45, 2.75) is 26.1 Å². The number of anilines is 1. The molecule has 0 spiro atoms. The first-order valence-electron chi connectivity index (χ1n) is 6.54. The van der Waals surface area contributed by atoms with Gasteiger partial charge in [-0.3, -0.25) is 9.59 Å². The van der Waals surface area contributed by atoms with Crippen molar-refractivity contribution >= 4 is 23.6 Å². The first kappa shape index (κ1) is 18.2. The SMILES string of the molecule is CC(C)NC(=O)/C(C#N)=C/c1cccc(NC(=O)C(F)(F)F)c1. The second-order valence-corrected chi connectivity index (χ2v) is 4.88. The summed E-state index contributed by atoms with van der Waals surface area (Å²) in [6.45, 7) is 3.44. The second-order valence-electron chi connectivity index (χ2n) is 4.88. The van der Waals surface area contributed by atoms with Crippen LogP contribution in [0.15, 0.2) is 29.8 Å². The highest BCUT2D eigenvalue weighted by Gasteiger charge is 2.38. The van der Waals surface area contributed by atoms with Crippen LogP contribution in [0, 0.1) is 11.3 Å². The monoisotopic (exact) mass is 325 g/mol. The molecule has 8 heteroatoms. The average Bonchev–Trinajstić information content (AvgIpc) is 2.43. The van der Waals surface area contributed by atoms with Crippen LogP contribution in [0.2, 0.25) is 0 Å². The van der Waals surface area contributed by atoms with E-state index in [0.29, 0.717) is 5.56 Å². The molecule has 0 saturated carbocycles. The maximum atomic E-state index is 12.2. The zero-order valence-corrected chi connectivity index (χ0v) is 12.4. The van der Waals surface area contributed by atoms with Gasteiger partial charge in [0.1, 0.15) is 11.6 Å². The van der Waals surface area contributed by atoms with E-state index in [4.69, 9.17) is 5.26 Å². The van der Waals surface area contributed by atoms with Gasteiger partial charge in [0.2, 0.25) is 0 Å². The number of hydrogen-bond acceptors (Lipinski definition) is 3. The van der Waals surface area contributed by atoms with E-state index in [1.165, 1.54) is 30.3 Å². The van der Waals surface area contributed by atoms with Crippen molar-refractivity contribution in [2.75, 3.05) is 5.32 Å². The molecule has 0 unspecified atom stereocenters. The Kier molecular flexibility index (Phi) is 5.90. The molecule has 1 aromatic rings. The highest BCUT2D eigenvalue weighted by molar-refractivity contribution is 6.02. The first-order valence-corrected chi connectivity index (χ1v) is 6.54. The fourth-order valence-corrected chi connectivity index (χ4v) is 1.56. The predicted octanol–water partition coefficient (Wildman–Crippen LogP) is 2.62. The van der Waals surface area contributed by atoms with Crippen LogP contribution in [0.3, 0.4) is 0 Å². The van der Waals surface area contributed by atoms with E-state index < -0.39 is 18.0 Å². The third-order valence-corrected chi connectivity index (χ3v) is 2.50. The van der Waals surface area contributed by atoms with Gasteiger partial charge in [0, 0.05) is 11.7 Å². The number of halogens is 3. The molecule has 0 aliphatic heterocycles. The van der Waals surface area contributed by atoms with Crippen molar-refractivity contribution in [2.24, 2.45) is 0 Å². The zero-order valence-electron chi connectivity index (χ0n) is 12.4. The zero-order chi connectivity index (χ0) is 17.6. The molecule has 0 aliphatic rings. The highest BCUT2D eigenvalue weighted by Crippen LogP contribution is 2.19. The van der Waals surface area contributed by atoms with Crippen LogP contribution in [-0.2, 0) is 9.59 Å². The van der Waals surface area contributed by atoms with Crippen LogP contribution in [0.5, 0.6) is 0 Å². The molecule has 0 aromatic heterocycles. The van der Waals surface area contributed by atoms with E-state index in [1.54, 1.807) is 25.2 Å². The van der Waals surface area contributed by atoms with Crippen molar-refractivity contribution in [3.05, 3.63) is 35.4 Å². The predicted molar refractivity (Wildman–Crippen MR) is 78.0 cm³/mol. The largest absolute Gasteiger partial charge is 0.471 e. The molecule has 0 heterocycles. The van der Waals surface area contributed by atoms with E-state index in [0.717, 1.165) is 0 Å². The molecular formula is C15H14F3N3O2. The Bertz CT molecular complexity index is 673. The number of nitriles is 1. The third-order valence-electron chi connectivity index (χ3n) is 2.50. The van der Waals surface area contributed by atoms with Crippen molar-refractivity contribution in [3.8, 4) is 6.07 Å². The maximum Gasteiger partial charge on any atom is 0.471 e. The van der Waals surface area contributed by atoms with Gasteiger partial charge in [0.15, 0.2) is 0 Å². The molecule has 0 bridgehead atoms. The molecule has 2 N–H and O–H groups in total. The van der Waals surface area contributed by atoms with Gasteiger partial charge in [0.25, 0.3) is 5.91 Å². The van der Waals surface area contributed by atoms with E-state index in [1.807, 2.05) is 0 Å². The molecule has 5 nitrogen and oxygen atoms in total. The molecule has 0 fully saturated rings. The lowest BCUT2D eigenvalue weighted by Crippen LogP contribution is -2.31. The third kappa shape index (κ3) is 5.82. The summed E-state index contributed by atoms with van der Waals surface area (Å²) in [4.78, 5) is 22.6. The summed E-state index contributed by atoms with van der Waals surface area (Å²) in [6, 6.07) is 6.93. The lowest BCUT2D eigenvalue weighted by Gasteiger charge is -2.09. The fourth-order valence-electron chi connectivity index (χ4n) is 1.56. The number of nitrogens with one attached hydrogen (secondary N) is 2. The smallest absolute Gasteiger partial charge is 0.349 e. The Morgan fingerprint density at radius 1 is 1.30 bits per heavy atom. The summed E-state index contributed by atoms with van der Waals surface area (Å²) in [6.07, 6.45) is -3.78. The quantitative estimate of drug-likeness (QED) is 0.659. The highest BCUT2D eigenvalue weighted by atomic mass is 19.4. The van der Waals surface area contributed by atoms with Gasteiger partial charge in [-0.15, -0.1) is 0 Å². The summed E-state index contributed by atoms with van der Waals surface area (Å²) in [5.74, 6) is -2.69. The second kappa shape index (κ2) is 7.45. The summed E-state index contributed by atoms with van der Waals surface area (Å²) < 4.78 is 36.6. The van der Waals surface area contributed by atoms with Crippen LogP contribution < -0.4 is 10.6 Å². The van der Waals surface area contributed by atoms with E-state index >= 15 is 0 Å².